The van der Waals surface area contributed by atoms with Crippen molar-refractivity contribution in [2.45, 2.75) is 13.8 Å². The lowest BCUT2D eigenvalue weighted by molar-refractivity contribution is 0.585. The normalized spacial score (nSPS) is 10.1. The second-order valence-electron chi connectivity index (χ2n) is 4.70. The topological polar surface area (TPSA) is 36.1 Å². The molecule has 0 aliphatic carbocycles. The van der Waals surface area contributed by atoms with Crippen LogP contribution in [-0.4, -0.2) is 5.11 Å². The minimum atomic E-state index is -0.697. The van der Waals surface area contributed by atoms with Crippen molar-refractivity contribution >= 4 is 28.7 Å². The first-order chi connectivity index (χ1) is 9.94. The van der Waals surface area contributed by atoms with Crippen LogP contribution in [0.2, 0.25) is 0 Å². The zero-order chi connectivity index (χ0) is 15.4. The van der Waals surface area contributed by atoms with Crippen LogP contribution in [-0.2, 0) is 0 Å². The van der Waals surface area contributed by atoms with Crippen molar-refractivity contribution in [2.24, 2.45) is 0 Å². The van der Waals surface area contributed by atoms with E-state index < -0.39 is 11.6 Å². The number of benzene rings is 2. The Kier molecular flexibility index (Phi) is 4.70. The van der Waals surface area contributed by atoms with Gasteiger partial charge in [0.15, 0.2) is 10.9 Å². The van der Waals surface area contributed by atoms with Gasteiger partial charge in [0.1, 0.15) is 5.82 Å². The van der Waals surface area contributed by atoms with Crippen LogP contribution in [0.1, 0.15) is 11.1 Å². The molecule has 2 aromatic rings. The minimum Gasteiger partial charge on any atom is -0.331 e. The van der Waals surface area contributed by atoms with E-state index in [9.17, 15) is 8.78 Å². The fourth-order valence-electron chi connectivity index (χ4n) is 1.92. The first kappa shape index (κ1) is 15.2. The largest absolute Gasteiger partial charge is 0.331 e. The maximum atomic E-state index is 13.4. The molecule has 3 nitrogen and oxygen atoms in total. The van der Waals surface area contributed by atoms with Gasteiger partial charge in [-0.3, -0.25) is 10.9 Å². The molecule has 0 saturated heterocycles. The molecule has 0 heterocycles. The van der Waals surface area contributed by atoms with E-state index in [2.05, 4.69) is 16.2 Å². The number of rotatable bonds is 3. The Morgan fingerprint density at radius 3 is 2.29 bits per heavy atom. The number of hydrazine groups is 1. The molecule has 21 heavy (non-hydrogen) atoms. The number of nitrogens with one attached hydrogen (secondary N) is 3. The van der Waals surface area contributed by atoms with Crippen molar-refractivity contribution in [1.29, 1.82) is 0 Å². The molecule has 0 aromatic heterocycles. The molecule has 0 fully saturated rings. The molecule has 2 rings (SSSR count). The third-order valence-corrected chi connectivity index (χ3v) is 2.93. The molecular weight excluding hydrogens is 292 g/mol. The quantitative estimate of drug-likeness (QED) is 0.594. The van der Waals surface area contributed by atoms with E-state index in [1.165, 1.54) is 6.07 Å². The zero-order valence-electron chi connectivity index (χ0n) is 11.6. The van der Waals surface area contributed by atoms with Gasteiger partial charge < -0.3 is 5.32 Å². The summed E-state index contributed by atoms with van der Waals surface area (Å²) in [7, 11) is 0. The van der Waals surface area contributed by atoms with Crippen molar-refractivity contribution in [3.63, 3.8) is 0 Å². The Morgan fingerprint density at radius 1 is 1.00 bits per heavy atom. The SMILES string of the molecule is Cc1cc(C)cc(NC(=S)NNc2ccc(F)cc2F)c1. The Balaban J connectivity index is 1.95. The monoisotopic (exact) mass is 307 g/mol. The maximum absolute atomic E-state index is 13.4. The van der Waals surface area contributed by atoms with Gasteiger partial charge in [0.05, 0.1) is 5.69 Å². The molecule has 0 aliphatic heterocycles. The van der Waals surface area contributed by atoms with Crippen LogP contribution < -0.4 is 16.2 Å². The molecule has 0 aliphatic rings. The lowest BCUT2D eigenvalue weighted by atomic mass is 10.1. The molecule has 6 heteroatoms. The number of hydrogen-bond acceptors (Lipinski definition) is 2. The van der Waals surface area contributed by atoms with Crippen molar-refractivity contribution in [1.82, 2.24) is 5.43 Å². The van der Waals surface area contributed by atoms with Crippen molar-refractivity contribution < 1.29 is 8.78 Å². The summed E-state index contributed by atoms with van der Waals surface area (Å²) in [6, 6.07) is 9.18. The summed E-state index contributed by atoms with van der Waals surface area (Å²) in [5, 5.41) is 3.27. The van der Waals surface area contributed by atoms with Crippen LogP contribution in [0.4, 0.5) is 20.2 Å². The number of halogens is 2. The number of thiocarbonyl (C=S) groups is 1. The molecule has 0 unspecified atom stereocenters. The van der Waals surface area contributed by atoms with Crippen molar-refractivity contribution in [3.8, 4) is 0 Å². The minimum absolute atomic E-state index is 0.112. The van der Waals surface area contributed by atoms with Crippen LogP contribution in [0, 0.1) is 25.5 Å². The van der Waals surface area contributed by atoms with Gasteiger partial charge in [-0.1, -0.05) is 6.07 Å². The molecule has 0 saturated carbocycles. The second-order valence-corrected chi connectivity index (χ2v) is 5.11. The predicted molar refractivity (Wildman–Crippen MR) is 85.3 cm³/mol. The molecule has 0 bridgehead atoms. The van der Waals surface area contributed by atoms with Crippen molar-refractivity contribution in [2.75, 3.05) is 10.7 Å². The first-order valence-electron chi connectivity index (χ1n) is 6.30. The molecule has 0 radical (unpaired) electrons. The summed E-state index contributed by atoms with van der Waals surface area (Å²) in [6.45, 7) is 3.97. The molecular formula is C15H15F2N3S. The molecule has 110 valence electrons. The van der Waals surface area contributed by atoms with Crippen LogP contribution >= 0.6 is 12.2 Å². The fraction of sp³-hybridized carbons (Fsp3) is 0.133. The second kappa shape index (κ2) is 6.49. The predicted octanol–water partition coefficient (Wildman–Crippen LogP) is 3.90. The Bertz CT molecular complexity index is 654. The van der Waals surface area contributed by atoms with Gasteiger partial charge in [-0.15, -0.1) is 0 Å². The van der Waals surface area contributed by atoms with Crippen molar-refractivity contribution in [3.05, 3.63) is 59.2 Å². The van der Waals surface area contributed by atoms with Crippen LogP contribution in [0.3, 0.4) is 0 Å². The van der Waals surface area contributed by atoms with Gasteiger partial charge in [0, 0.05) is 11.8 Å². The number of aryl methyl sites for hydroxylation is 2. The van der Waals surface area contributed by atoms with Crippen LogP contribution in [0.25, 0.3) is 0 Å². The fourth-order valence-corrected chi connectivity index (χ4v) is 2.09. The highest BCUT2D eigenvalue weighted by Gasteiger charge is 2.04. The van der Waals surface area contributed by atoms with E-state index in [4.69, 9.17) is 12.2 Å². The summed E-state index contributed by atoms with van der Waals surface area (Å²) in [5.41, 5.74) is 8.42. The lowest BCUT2D eigenvalue weighted by Crippen LogP contribution is -2.33. The lowest BCUT2D eigenvalue weighted by Gasteiger charge is -2.14. The molecule has 0 amide bonds. The average molecular weight is 307 g/mol. The standard InChI is InChI=1S/C15H15F2N3S/c1-9-5-10(2)7-12(6-9)18-15(21)20-19-14-4-3-11(16)8-13(14)17/h3-8,19H,1-2H3,(H2,18,20,21). The van der Waals surface area contributed by atoms with E-state index in [1.807, 2.05) is 32.0 Å². The summed E-state index contributed by atoms with van der Waals surface area (Å²) in [5.74, 6) is -1.33. The van der Waals surface area contributed by atoms with E-state index >= 15 is 0 Å². The van der Waals surface area contributed by atoms with Gasteiger partial charge in [-0.2, -0.15) is 0 Å². The van der Waals surface area contributed by atoms with E-state index in [0.29, 0.717) is 0 Å². The van der Waals surface area contributed by atoms with Gasteiger partial charge in [-0.05, 0) is 61.5 Å². The Morgan fingerprint density at radius 2 is 1.67 bits per heavy atom. The number of anilines is 2. The maximum Gasteiger partial charge on any atom is 0.189 e. The zero-order valence-corrected chi connectivity index (χ0v) is 12.4. The summed E-state index contributed by atoms with van der Waals surface area (Å²) < 4.78 is 26.2. The highest BCUT2D eigenvalue weighted by atomic mass is 32.1. The van der Waals surface area contributed by atoms with E-state index in [1.54, 1.807) is 0 Å². The third-order valence-electron chi connectivity index (χ3n) is 2.72. The van der Waals surface area contributed by atoms with Crippen LogP contribution in [0.5, 0.6) is 0 Å². The first-order valence-corrected chi connectivity index (χ1v) is 6.71. The molecule has 0 atom stereocenters. The third kappa shape index (κ3) is 4.39. The Labute approximate surface area is 127 Å². The van der Waals surface area contributed by atoms with Gasteiger partial charge >= 0.3 is 0 Å². The van der Waals surface area contributed by atoms with Gasteiger partial charge in [0.2, 0.25) is 0 Å². The smallest absolute Gasteiger partial charge is 0.189 e. The average Bonchev–Trinajstić information content (AvgIpc) is 2.36. The summed E-state index contributed by atoms with van der Waals surface area (Å²) >= 11 is 5.11. The van der Waals surface area contributed by atoms with E-state index in [-0.39, 0.29) is 10.8 Å². The Hall–Kier alpha value is -2.21. The van der Waals surface area contributed by atoms with E-state index in [0.717, 1.165) is 28.9 Å². The molecule has 2 aromatic carbocycles. The summed E-state index contributed by atoms with van der Waals surface area (Å²) in [6.07, 6.45) is 0. The summed E-state index contributed by atoms with van der Waals surface area (Å²) in [4.78, 5) is 0. The number of hydrogen-bond donors (Lipinski definition) is 3. The molecule has 0 spiro atoms. The van der Waals surface area contributed by atoms with Gasteiger partial charge in [-0.25, -0.2) is 8.78 Å². The highest BCUT2D eigenvalue weighted by molar-refractivity contribution is 7.80. The van der Waals surface area contributed by atoms with Gasteiger partial charge in [0.25, 0.3) is 0 Å². The highest BCUT2D eigenvalue weighted by Crippen LogP contribution is 2.15. The molecule has 3 N–H and O–H groups in total. The van der Waals surface area contributed by atoms with Crippen LogP contribution in [0.15, 0.2) is 36.4 Å².